The summed E-state index contributed by atoms with van der Waals surface area (Å²) in [6.07, 6.45) is 0. The summed E-state index contributed by atoms with van der Waals surface area (Å²) in [6, 6.07) is 11.2. The zero-order valence-electron chi connectivity index (χ0n) is 10.8. The molecule has 0 atom stereocenters. The molecule has 0 aliphatic carbocycles. The maximum absolute atomic E-state index is 11.5. The number of carboxylic acids is 1. The van der Waals surface area contributed by atoms with E-state index in [-0.39, 0.29) is 5.56 Å². The third-order valence-electron chi connectivity index (χ3n) is 2.69. The van der Waals surface area contributed by atoms with E-state index < -0.39 is 5.97 Å². The van der Waals surface area contributed by atoms with Crippen LogP contribution in [0.3, 0.4) is 0 Å². The highest BCUT2D eigenvalue weighted by atomic mass is 16.4. The zero-order valence-corrected chi connectivity index (χ0v) is 10.8. The van der Waals surface area contributed by atoms with E-state index in [0.29, 0.717) is 11.4 Å². The van der Waals surface area contributed by atoms with Gasteiger partial charge in [-0.15, -0.1) is 0 Å². The smallest absolute Gasteiger partial charge is 0.340 e. The fourth-order valence-electron chi connectivity index (χ4n) is 1.94. The minimum Gasteiger partial charge on any atom is -0.478 e. The number of carboxylic acid groups (broad SMARTS) is 1. The van der Waals surface area contributed by atoms with Crippen molar-refractivity contribution in [1.82, 2.24) is 10.4 Å². The first kappa shape index (κ1) is 13.0. The highest BCUT2D eigenvalue weighted by molar-refractivity contribution is 6.00. The number of anilines is 1. The van der Waals surface area contributed by atoms with Gasteiger partial charge in [0.2, 0.25) is 0 Å². The minimum atomic E-state index is -1.01. The first-order chi connectivity index (χ1) is 9.13. The molecule has 0 aliphatic heterocycles. The Labute approximate surface area is 111 Å². The summed E-state index contributed by atoms with van der Waals surface area (Å²) < 4.78 is 0. The maximum atomic E-state index is 11.5. The summed E-state index contributed by atoms with van der Waals surface area (Å²) in [5, 5.41) is 9.42. The molecule has 2 aromatic rings. The summed E-state index contributed by atoms with van der Waals surface area (Å²) >= 11 is 0. The molecule has 1 aromatic heterocycles. The Kier molecular flexibility index (Phi) is 3.77. The quantitative estimate of drug-likeness (QED) is 0.733. The molecule has 1 aromatic carbocycles. The Morgan fingerprint density at radius 1 is 1.26 bits per heavy atom. The number of rotatable bonds is 4. The first-order valence-electron chi connectivity index (χ1n) is 5.86. The molecule has 98 valence electrons. The number of aromatic carboxylic acids is 1. The molecule has 0 saturated carbocycles. The highest BCUT2D eigenvalue weighted by Gasteiger charge is 2.18. The standard InChI is InChI=1S/C14H15N3O2/c1-9-8-11(10-6-4-3-5-7-10)12(14(18)19)13(16-9)17-15-2/h3-8,15H,1-2H3,(H,16,17)(H,18,19). The molecule has 0 saturated heterocycles. The predicted octanol–water partition coefficient (Wildman–Crippen LogP) is 2.30. The number of aromatic nitrogens is 1. The van der Waals surface area contributed by atoms with Crippen molar-refractivity contribution in [2.24, 2.45) is 0 Å². The second-order valence-electron chi connectivity index (χ2n) is 4.08. The van der Waals surface area contributed by atoms with Crippen molar-refractivity contribution in [2.75, 3.05) is 12.5 Å². The topological polar surface area (TPSA) is 74.2 Å². The van der Waals surface area contributed by atoms with Gasteiger partial charge < -0.3 is 10.5 Å². The van der Waals surface area contributed by atoms with Gasteiger partial charge in [0.15, 0.2) is 5.82 Å². The summed E-state index contributed by atoms with van der Waals surface area (Å²) in [6.45, 7) is 1.83. The Bertz CT molecular complexity index is 597. The number of hydrogen-bond acceptors (Lipinski definition) is 4. The number of nitrogens with one attached hydrogen (secondary N) is 2. The van der Waals surface area contributed by atoms with Crippen LogP contribution in [-0.2, 0) is 0 Å². The number of pyridine rings is 1. The average Bonchev–Trinajstić information content (AvgIpc) is 2.39. The van der Waals surface area contributed by atoms with Gasteiger partial charge in [-0.05, 0) is 18.6 Å². The van der Waals surface area contributed by atoms with E-state index in [0.717, 1.165) is 11.3 Å². The lowest BCUT2D eigenvalue weighted by atomic mass is 10.00. The zero-order chi connectivity index (χ0) is 13.8. The summed E-state index contributed by atoms with van der Waals surface area (Å²) in [4.78, 5) is 15.7. The number of nitrogens with zero attached hydrogens (tertiary/aromatic N) is 1. The molecule has 0 amide bonds. The Morgan fingerprint density at radius 3 is 2.53 bits per heavy atom. The molecule has 2 rings (SSSR count). The van der Waals surface area contributed by atoms with E-state index in [2.05, 4.69) is 15.8 Å². The molecule has 0 aliphatic rings. The third kappa shape index (κ3) is 2.71. The normalized spacial score (nSPS) is 10.2. The number of hydrazine groups is 1. The summed E-state index contributed by atoms with van der Waals surface area (Å²) in [7, 11) is 1.66. The van der Waals surface area contributed by atoms with Gasteiger partial charge in [0, 0.05) is 18.3 Å². The van der Waals surface area contributed by atoms with Crippen molar-refractivity contribution in [1.29, 1.82) is 0 Å². The Balaban J connectivity index is 2.68. The van der Waals surface area contributed by atoms with Crippen LogP contribution < -0.4 is 10.9 Å². The predicted molar refractivity (Wildman–Crippen MR) is 74.1 cm³/mol. The monoisotopic (exact) mass is 257 g/mol. The molecule has 5 nitrogen and oxygen atoms in total. The van der Waals surface area contributed by atoms with Gasteiger partial charge in [-0.25, -0.2) is 15.2 Å². The lowest BCUT2D eigenvalue weighted by Gasteiger charge is -2.13. The van der Waals surface area contributed by atoms with Crippen LogP contribution in [0, 0.1) is 6.92 Å². The molecule has 0 radical (unpaired) electrons. The van der Waals surface area contributed by atoms with Crippen molar-refractivity contribution in [2.45, 2.75) is 6.92 Å². The van der Waals surface area contributed by atoms with Gasteiger partial charge in [0.25, 0.3) is 0 Å². The van der Waals surface area contributed by atoms with Gasteiger partial charge in [0.1, 0.15) is 5.56 Å². The van der Waals surface area contributed by atoms with E-state index in [1.165, 1.54) is 0 Å². The van der Waals surface area contributed by atoms with Gasteiger partial charge in [-0.3, -0.25) is 0 Å². The number of benzene rings is 1. The number of carbonyl (C=O) groups is 1. The van der Waals surface area contributed by atoms with Gasteiger partial charge in [-0.2, -0.15) is 0 Å². The Morgan fingerprint density at radius 2 is 1.95 bits per heavy atom. The molecule has 5 heteroatoms. The highest BCUT2D eigenvalue weighted by Crippen LogP contribution is 2.28. The number of hydrogen-bond donors (Lipinski definition) is 3. The van der Waals surface area contributed by atoms with Crippen molar-refractivity contribution >= 4 is 11.8 Å². The molecular weight excluding hydrogens is 242 g/mol. The Hall–Kier alpha value is -2.40. The second-order valence-corrected chi connectivity index (χ2v) is 4.08. The SMILES string of the molecule is CNNc1nc(C)cc(-c2ccccc2)c1C(=O)O. The fraction of sp³-hybridized carbons (Fsp3) is 0.143. The van der Waals surface area contributed by atoms with E-state index in [1.807, 2.05) is 37.3 Å². The maximum Gasteiger partial charge on any atom is 0.340 e. The molecular formula is C14H15N3O2. The van der Waals surface area contributed by atoms with Crippen molar-refractivity contribution in [3.63, 3.8) is 0 Å². The minimum absolute atomic E-state index is 0.158. The van der Waals surface area contributed by atoms with Crippen molar-refractivity contribution in [3.05, 3.63) is 47.7 Å². The van der Waals surface area contributed by atoms with Crippen molar-refractivity contribution < 1.29 is 9.90 Å². The van der Waals surface area contributed by atoms with Crippen LogP contribution in [0.15, 0.2) is 36.4 Å². The lowest BCUT2D eigenvalue weighted by Crippen LogP contribution is -2.20. The van der Waals surface area contributed by atoms with E-state index in [9.17, 15) is 9.90 Å². The van der Waals surface area contributed by atoms with Crippen LogP contribution in [0.1, 0.15) is 16.1 Å². The van der Waals surface area contributed by atoms with Crippen LogP contribution in [-0.4, -0.2) is 23.1 Å². The van der Waals surface area contributed by atoms with Crippen LogP contribution in [0.4, 0.5) is 5.82 Å². The van der Waals surface area contributed by atoms with Crippen LogP contribution in [0.2, 0.25) is 0 Å². The van der Waals surface area contributed by atoms with Crippen LogP contribution >= 0.6 is 0 Å². The van der Waals surface area contributed by atoms with E-state index >= 15 is 0 Å². The molecule has 0 bridgehead atoms. The molecule has 0 fully saturated rings. The summed E-state index contributed by atoms with van der Waals surface area (Å²) in [5.74, 6) is -0.696. The summed E-state index contributed by atoms with van der Waals surface area (Å²) in [5.41, 5.74) is 7.89. The molecule has 0 unspecified atom stereocenters. The van der Waals surface area contributed by atoms with Crippen LogP contribution in [0.25, 0.3) is 11.1 Å². The largest absolute Gasteiger partial charge is 0.478 e. The second kappa shape index (κ2) is 5.49. The average molecular weight is 257 g/mol. The van der Waals surface area contributed by atoms with Crippen LogP contribution in [0.5, 0.6) is 0 Å². The molecule has 0 spiro atoms. The first-order valence-corrected chi connectivity index (χ1v) is 5.86. The third-order valence-corrected chi connectivity index (χ3v) is 2.69. The number of aryl methyl sites for hydroxylation is 1. The van der Waals surface area contributed by atoms with Crippen molar-refractivity contribution in [3.8, 4) is 11.1 Å². The molecule has 3 N–H and O–H groups in total. The van der Waals surface area contributed by atoms with Gasteiger partial charge in [-0.1, -0.05) is 30.3 Å². The van der Waals surface area contributed by atoms with Gasteiger partial charge in [0.05, 0.1) is 0 Å². The fourth-order valence-corrected chi connectivity index (χ4v) is 1.94. The van der Waals surface area contributed by atoms with Gasteiger partial charge >= 0.3 is 5.97 Å². The molecule has 1 heterocycles. The van der Waals surface area contributed by atoms with E-state index in [4.69, 9.17) is 0 Å². The molecule has 19 heavy (non-hydrogen) atoms. The van der Waals surface area contributed by atoms with E-state index in [1.54, 1.807) is 13.1 Å². The lowest BCUT2D eigenvalue weighted by molar-refractivity contribution is 0.0698.